The summed E-state index contributed by atoms with van der Waals surface area (Å²) in [6.45, 7) is 2.55. The Balaban J connectivity index is 1.78. The van der Waals surface area contributed by atoms with Gasteiger partial charge in [0.1, 0.15) is 0 Å². The van der Waals surface area contributed by atoms with Crippen LogP contribution in [0.1, 0.15) is 6.92 Å². The van der Waals surface area contributed by atoms with Crippen molar-refractivity contribution in [3.05, 3.63) is 48.5 Å². The Labute approximate surface area is 157 Å². The summed E-state index contributed by atoms with van der Waals surface area (Å²) in [6, 6.07) is 15.8. The van der Waals surface area contributed by atoms with Gasteiger partial charge in [0.25, 0.3) is 0 Å². The lowest BCUT2D eigenvalue weighted by Crippen LogP contribution is -2.32. The third-order valence-corrected chi connectivity index (χ3v) is 5.56. The maximum absolute atomic E-state index is 12.2. The fourth-order valence-corrected chi connectivity index (χ4v) is 3.86. The standard InChI is InChI=1S/C19H23NO3S2/c1-14(25-16-9-10-17(22-2)18(13-16)23-3)19(21)20-11-12-24-15-7-5-4-6-8-15/h4-10,13-14H,11-12H2,1-3H3,(H,20,21)/t14-/m1/s1. The third-order valence-electron chi connectivity index (χ3n) is 3.45. The Morgan fingerprint density at radius 3 is 2.44 bits per heavy atom. The van der Waals surface area contributed by atoms with Gasteiger partial charge in [-0.1, -0.05) is 18.2 Å². The van der Waals surface area contributed by atoms with Crippen molar-refractivity contribution in [3.63, 3.8) is 0 Å². The molecular weight excluding hydrogens is 354 g/mol. The first kappa shape index (κ1) is 19.5. The van der Waals surface area contributed by atoms with Crippen LogP contribution >= 0.6 is 23.5 Å². The highest BCUT2D eigenvalue weighted by Gasteiger charge is 2.15. The Morgan fingerprint density at radius 2 is 1.76 bits per heavy atom. The number of hydrogen-bond acceptors (Lipinski definition) is 5. The van der Waals surface area contributed by atoms with Gasteiger partial charge in [0.05, 0.1) is 19.5 Å². The fourth-order valence-electron chi connectivity index (χ4n) is 2.15. The summed E-state index contributed by atoms with van der Waals surface area (Å²) >= 11 is 3.24. The van der Waals surface area contributed by atoms with Crippen LogP contribution < -0.4 is 14.8 Å². The van der Waals surface area contributed by atoms with Crippen LogP contribution in [0.5, 0.6) is 11.5 Å². The van der Waals surface area contributed by atoms with E-state index in [0.29, 0.717) is 18.0 Å². The minimum atomic E-state index is -0.181. The lowest BCUT2D eigenvalue weighted by Gasteiger charge is -2.13. The quantitative estimate of drug-likeness (QED) is 0.527. The van der Waals surface area contributed by atoms with Crippen LogP contribution in [-0.2, 0) is 4.79 Å². The average Bonchev–Trinajstić information content (AvgIpc) is 2.65. The van der Waals surface area contributed by atoms with E-state index in [9.17, 15) is 4.79 Å². The molecule has 0 fully saturated rings. The van der Waals surface area contributed by atoms with Crippen molar-refractivity contribution in [2.45, 2.75) is 22.0 Å². The molecule has 0 aliphatic heterocycles. The van der Waals surface area contributed by atoms with Gasteiger partial charge >= 0.3 is 0 Å². The lowest BCUT2D eigenvalue weighted by atomic mass is 10.3. The average molecular weight is 378 g/mol. The van der Waals surface area contributed by atoms with Crippen LogP contribution in [-0.4, -0.2) is 37.7 Å². The number of thioether (sulfide) groups is 2. The highest BCUT2D eigenvalue weighted by atomic mass is 32.2. The van der Waals surface area contributed by atoms with E-state index in [1.54, 1.807) is 26.0 Å². The van der Waals surface area contributed by atoms with Gasteiger partial charge in [0.15, 0.2) is 11.5 Å². The van der Waals surface area contributed by atoms with Crippen molar-refractivity contribution in [1.29, 1.82) is 0 Å². The summed E-state index contributed by atoms with van der Waals surface area (Å²) in [7, 11) is 3.21. The number of rotatable bonds is 9. The lowest BCUT2D eigenvalue weighted by molar-refractivity contribution is -0.120. The highest BCUT2D eigenvalue weighted by Crippen LogP contribution is 2.33. The Hall–Kier alpha value is -1.79. The third kappa shape index (κ3) is 6.21. The van der Waals surface area contributed by atoms with Gasteiger partial charge in [-0.05, 0) is 37.3 Å². The van der Waals surface area contributed by atoms with Crippen molar-refractivity contribution < 1.29 is 14.3 Å². The molecule has 0 aliphatic rings. The van der Waals surface area contributed by atoms with E-state index in [4.69, 9.17) is 9.47 Å². The molecule has 25 heavy (non-hydrogen) atoms. The summed E-state index contributed by atoms with van der Waals surface area (Å²) in [5, 5.41) is 2.81. The first-order valence-corrected chi connectivity index (χ1v) is 9.85. The minimum Gasteiger partial charge on any atom is -0.493 e. The molecule has 4 nitrogen and oxygen atoms in total. The van der Waals surface area contributed by atoms with Crippen molar-refractivity contribution >= 4 is 29.4 Å². The minimum absolute atomic E-state index is 0.0356. The van der Waals surface area contributed by atoms with Crippen molar-refractivity contribution in [2.75, 3.05) is 26.5 Å². The Kier molecular flexibility index (Phi) is 8.01. The molecule has 0 saturated heterocycles. The molecule has 1 amide bonds. The maximum Gasteiger partial charge on any atom is 0.233 e. The predicted molar refractivity (Wildman–Crippen MR) is 105 cm³/mol. The van der Waals surface area contributed by atoms with Crippen LogP contribution in [0.15, 0.2) is 58.3 Å². The molecule has 0 spiro atoms. The summed E-state index contributed by atoms with van der Waals surface area (Å²) in [5.74, 6) is 2.23. The van der Waals surface area contributed by atoms with Crippen molar-refractivity contribution in [2.24, 2.45) is 0 Å². The zero-order valence-corrected chi connectivity index (χ0v) is 16.3. The van der Waals surface area contributed by atoms with Crippen LogP contribution in [0, 0.1) is 0 Å². The smallest absolute Gasteiger partial charge is 0.233 e. The van der Waals surface area contributed by atoms with Gasteiger partial charge in [-0.25, -0.2) is 0 Å². The van der Waals surface area contributed by atoms with E-state index < -0.39 is 0 Å². The van der Waals surface area contributed by atoms with Gasteiger partial charge in [-0.3, -0.25) is 4.79 Å². The van der Waals surface area contributed by atoms with Crippen molar-refractivity contribution in [3.8, 4) is 11.5 Å². The SMILES string of the molecule is COc1ccc(S[C@H](C)C(=O)NCCSc2ccccc2)cc1OC. The first-order valence-electron chi connectivity index (χ1n) is 7.98. The number of ether oxygens (including phenoxy) is 2. The summed E-state index contributed by atoms with van der Waals surface area (Å²) in [5.41, 5.74) is 0. The molecule has 0 unspecified atom stereocenters. The topological polar surface area (TPSA) is 47.6 Å². The zero-order valence-electron chi connectivity index (χ0n) is 14.7. The van der Waals surface area contributed by atoms with Crippen LogP contribution in [0.4, 0.5) is 0 Å². The molecule has 134 valence electrons. The summed E-state index contributed by atoms with van der Waals surface area (Å²) < 4.78 is 10.5. The normalized spacial score (nSPS) is 11.6. The molecule has 2 aromatic carbocycles. The molecule has 1 N–H and O–H groups in total. The van der Waals surface area contributed by atoms with E-state index in [-0.39, 0.29) is 11.2 Å². The van der Waals surface area contributed by atoms with E-state index >= 15 is 0 Å². The second-order valence-electron chi connectivity index (χ2n) is 5.23. The number of carbonyl (C=O) groups is 1. The van der Waals surface area contributed by atoms with Crippen LogP contribution in [0.2, 0.25) is 0 Å². The summed E-state index contributed by atoms with van der Waals surface area (Å²) in [4.78, 5) is 14.4. The van der Waals surface area contributed by atoms with Gasteiger partial charge in [-0.2, -0.15) is 0 Å². The van der Waals surface area contributed by atoms with Crippen LogP contribution in [0.25, 0.3) is 0 Å². The van der Waals surface area contributed by atoms with Gasteiger partial charge in [-0.15, -0.1) is 23.5 Å². The monoisotopic (exact) mass is 377 g/mol. The zero-order chi connectivity index (χ0) is 18.1. The molecule has 0 bridgehead atoms. The molecule has 0 heterocycles. The Morgan fingerprint density at radius 1 is 1.04 bits per heavy atom. The van der Waals surface area contributed by atoms with Crippen molar-refractivity contribution in [1.82, 2.24) is 5.32 Å². The van der Waals surface area contributed by atoms with Crippen LogP contribution in [0.3, 0.4) is 0 Å². The number of benzene rings is 2. The number of methoxy groups -OCH3 is 2. The second-order valence-corrected chi connectivity index (χ2v) is 7.81. The molecule has 0 radical (unpaired) electrons. The van der Waals surface area contributed by atoms with Gasteiger partial charge in [0.2, 0.25) is 5.91 Å². The molecule has 2 rings (SSSR count). The summed E-state index contributed by atoms with van der Waals surface area (Å²) in [6.07, 6.45) is 0. The predicted octanol–water partition coefficient (Wildman–Crippen LogP) is 4.09. The highest BCUT2D eigenvalue weighted by molar-refractivity contribution is 8.00. The molecule has 2 aromatic rings. The van der Waals surface area contributed by atoms with Gasteiger partial charge in [0, 0.05) is 22.1 Å². The van der Waals surface area contributed by atoms with E-state index in [1.165, 1.54) is 16.7 Å². The number of amides is 1. The molecule has 0 aromatic heterocycles. The molecule has 1 atom stereocenters. The largest absolute Gasteiger partial charge is 0.493 e. The number of carbonyl (C=O) groups excluding carboxylic acids is 1. The maximum atomic E-state index is 12.2. The first-order chi connectivity index (χ1) is 12.1. The van der Waals surface area contributed by atoms with E-state index in [2.05, 4.69) is 17.4 Å². The number of nitrogens with one attached hydrogen (secondary N) is 1. The van der Waals surface area contributed by atoms with Gasteiger partial charge < -0.3 is 14.8 Å². The molecular formula is C19H23NO3S2. The molecule has 0 saturated carbocycles. The van der Waals surface area contributed by atoms with E-state index in [1.807, 2.05) is 43.3 Å². The fraction of sp³-hybridized carbons (Fsp3) is 0.316. The van der Waals surface area contributed by atoms with E-state index in [0.717, 1.165) is 10.6 Å². The Bertz CT molecular complexity index is 680. The molecule has 0 aliphatic carbocycles. The second kappa shape index (κ2) is 10.3. The molecule has 6 heteroatoms. The number of hydrogen-bond donors (Lipinski definition) is 1.